The van der Waals surface area contributed by atoms with E-state index in [1.807, 2.05) is 31.2 Å². The Kier molecular flexibility index (Phi) is 6.01. The molecule has 2 rings (SSSR count). The van der Waals surface area contributed by atoms with Gasteiger partial charge in [-0.05, 0) is 42.7 Å². The second-order valence-electron chi connectivity index (χ2n) is 5.23. The van der Waals surface area contributed by atoms with E-state index in [2.05, 4.69) is 5.32 Å². The highest BCUT2D eigenvalue weighted by atomic mass is 19.2. The van der Waals surface area contributed by atoms with Crippen LogP contribution in [0.2, 0.25) is 0 Å². The molecule has 0 spiro atoms. The molecule has 6 heteroatoms. The van der Waals surface area contributed by atoms with Crippen molar-refractivity contribution in [3.8, 4) is 0 Å². The summed E-state index contributed by atoms with van der Waals surface area (Å²) in [6.07, 6.45) is 0.662. The van der Waals surface area contributed by atoms with Crippen molar-refractivity contribution in [1.82, 2.24) is 5.32 Å². The summed E-state index contributed by atoms with van der Waals surface area (Å²) in [7, 11) is 0. The molecule has 0 aliphatic heterocycles. The monoisotopic (exact) mass is 333 g/mol. The number of nitrogens with one attached hydrogen (secondary N) is 1. The first-order chi connectivity index (χ1) is 11.5. The summed E-state index contributed by atoms with van der Waals surface area (Å²) < 4.78 is 30.6. The minimum Gasteiger partial charge on any atom is -0.452 e. The Balaban J connectivity index is 1.75. The molecule has 0 heterocycles. The number of ether oxygens (including phenoxy) is 1. The number of halogens is 2. The Labute approximate surface area is 138 Å². The van der Waals surface area contributed by atoms with Crippen molar-refractivity contribution in [2.24, 2.45) is 0 Å². The molecule has 1 amide bonds. The molecule has 126 valence electrons. The molecule has 0 saturated heterocycles. The Morgan fingerprint density at radius 2 is 1.83 bits per heavy atom. The van der Waals surface area contributed by atoms with Gasteiger partial charge in [-0.3, -0.25) is 4.79 Å². The fourth-order valence-corrected chi connectivity index (χ4v) is 2.12. The third kappa shape index (κ3) is 4.87. The van der Waals surface area contributed by atoms with E-state index >= 15 is 0 Å². The standard InChI is InChI=1S/C18H17F2NO3/c1-12-4-2-3-5-13(12)8-9-21-17(22)11-24-18(23)14-6-7-15(19)16(20)10-14/h2-7,10H,8-9,11H2,1H3,(H,21,22). The normalized spacial score (nSPS) is 10.3. The van der Waals surface area contributed by atoms with E-state index in [0.717, 1.165) is 29.3 Å². The number of carbonyl (C=O) groups excluding carboxylic acids is 2. The molecule has 0 bridgehead atoms. The van der Waals surface area contributed by atoms with Crippen LogP contribution >= 0.6 is 0 Å². The molecular weight excluding hydrogens is 316 g/mol. The van der Waals surface area contributed by atoms with Gasteiger partial charge in [-0.15, -0.1) is 0 Å². The van der Waals surface area contributed by atoms with Crippen LogP contribution in [0.5, 0.6) is 0 Å². The van der Waals surface area contributed by atoms with Crippen LogP contribution in [0.1, 0.15) is 21.5 Å². The third-order valence-corrected chi connectivity index (χ3v) is 3.47. The molecule has 1 N–H and O–H groups in total. The number of amides is 1. The van der Waals surface area contributed by atoms with Gasteiger partial charge in [-0.1, -0.05) is 24.3 Å². The van der Waals surface area contributed by atoms with E-state index in [0.29, 0.717) is 13.0 Å². The molecule has 0 fully saturated rings. The van der Waals surface area contributed by atoms with Gasteiger partial charge in [-0.25, -0.2) is 13.6 Å². The van der Waals surface area contributed by atoms with Gasteiger partial charge in [-0.2, -0.15) is 0 Å². The van der Waals surface area contributed by atoms with E-state index in [-0.39, 0.29) is 5.56 Å². The Morgan fingerprint density at radius 1 is 1.08 bits per heavy atom. The summed E-state index contributed by atoms with van der Waals surface area (Å²) in [5.74, 6) is -3.55. The third-order valence-electron chi connectivity index (χ3n) is 3.47. The Morgan fingerprint density at radius 3 is 2.54 bits per heavy atom. The van der Waals surface area contributed by atoms with Gasteiger partial charge in [0.1, 0.15) is 0 Å². The van der Waals surface area contributed by atoms with Crippen LogP contribution in [0, 0.1) is 18.6 Å². The number of hydrogen-bond donors (Lipinski definition) is 1. The lowest BCUT2D eigenvalue weighted by atomic mass is 10.1. The maximum atomic E-state index is 13.0. The number of aryl methyl sites for hydroxylation is 1. The summed E-state index contributed by atoms with van der Waals surface area (Å²) in [5, 5.41) is 2.64. The largest absolute Gasteiger partial charge is 0.452 e. The van der Waals surface area contributed by atoms with Gasteiger partial charge < -0.3 is 10.1 Å². The first-order valence-corrected chi connectivity index (χ1v) is 7.41. The predicted molar refractivity (Wildman–Crippen MR) is 84.5 cm³/mol. The number of hydrogen-bond acceptors (Lipinski definition) is 3. The van der Waals surface area contributed by atoms with Crippen LogP contribution in [-0.2, 0) is 16.0 Å². The molecule has 24 heavy (non-hydrogen) atoms. The zero-order valence-electron chi connectivity index (χ0n) is 13.1. The lowest BCUT2D eigenvalue weighted by Gasteiger charge is -2.08. The average molecular weight is 333 g/mol. The van der Waals surface area contributed by atoms with Crippen molar-refractivity contribution in [3.05, 3.63) is 70.8 Å². The Hall–Kier alpha value is -2.76. The van der Waals surface area contributed by atoms with E-state index < -0.39 is 30.1 Å². The summed E-state index contributed by atoms with van der Waals surface area (Å²) in [4.78, 5) is 23.3. The first-order valence-electron chi connectivity index (χ1n) is 7.41. The van der Waals surface area contributed by atoms with Crippen LogP contribution in [-0.4, -0.2) is 25.0 Å². The molecule has 0 aliphatic carbocycles. The molecule has 2 aromatic carbocycles. The number of carbonyl (C=O) groups is 2. The molecular formula is C18H17F2NO3. The first kappa shape index (κ1) is 17.6. The zero-order valence-corrected chi connectivity index (χ0v) is 13.1. The highest BCUT2D eigenvalue weighted by molar-refractivity contribution is 5.91. The van der Waals surface area contributed by atoms with E-state index in [4.69, 9.17) is 4.74 Å². The second-order valence-corrected chi connectivity index (χ2v) is 5.23. The summed E-state index contributed by atoms with van der Waals surface area (Å²) in [5.41, 5.74) is 2.11. The topological polar surface area (TPSA) is 55.4 Å². The van der Waals surface area contributed by atoms with E-state index in [1.54, 1.807) is 0 Å². The van der Waals surface area contributed by atoms with Crippen molar-refractivity contribution in [2.75, 3.05) is 13.2 Å². The van der Waals surface area contributed by atoms with Crippen molar-refractivity contribution >= 4 is 11.9 Å². The molecule has 2 aromatic rings. The highest BCUT2D eigenvalue weighted by Crippen LogP contribution is 2.10. The van der Waals surface area contributed by atoms with Crippen LogP contribution < -0.4 is 5.32 Å². The molecule has 0 aromatic heterocycles. The lowest BCUT2D eigenvalue weighted by Crippen LogP contribution is -2.30. The van der Waals surface area contributed by atoms with Crippen LogP contribution in [0.25, 0.3) is 0 Å². The average Bonchev–Trinajstić information content (AvgIpc) is 2.57. The van der Waals surface area contributed by atoms with Crippen molar-refractivity contribution in [3.63, 3.8) is 0 Å². The van der Waals surface area contributed by atoms with Gasteiger partial charge >= 0.3 is 5.97 Å². The maximum Gasteiger partial charge on any atom is 0.338 e. The summed E-state index contributed by atoms with van der Waals surface area (Å²) in [6, 6.07) is 10.5. The predicted octanol–water partition coefficient (Wildman–Crippen LogP) is 2.79. The quantitative estimate of drug-likeness (QED) is 0.827. The smallest absolute Gasteiger partial charge is 0.338 e. The zero-order chi connectivity index (χ0) is 17.5. The molecule has 0 aliphatic rings. The van der Waals surface area contributed by atoms with Gasteiger partial charge in [0, 0.05) is 6.54 Å². The number of benzene rings is 2. The van der Waals surface area contributed by atoms with Crippen molar-refractivity contribution < 1.29 is 23.1 Å². The van der Waals surface area contributed by atoms with Crippen molar-refractivity contribution in [2.45, 2.75) is 13.3 Å². The Bertz CT molecular complexity index is 747. The molecule has 0 saturated carbocycles. The highest BCUT2D eigenvalue weighted by Gasteiger charge is 2.12. The molecule has 0 atom stereocenters. The minimum absolute atomic E-state index is 0.151. The fraction of sp³-hybridized carbons (Fsp3) is 0.222. The molecule has 0 unspecified atom stereocenters. The summed E-state index contributed by atoms with van der Waals surface area (Å²) >= 11 is 0. The minimum atomic E-state index is -1.15. The van der Waals surface area contributed by atoms with Crippen LogP contribution in [0.3, 0.4) is 0 Å². The van der Waals surface area contributed by atoms with Gasteiger partial charge in [0.15, 0.2) is 18.2 Å². The maximum absolute atomic E-state index is 13.0. The van der Waals surface area contributed by atoms with Gasteiger partial charge in [0.05, 0.1) is 5.56 Å². The number of rotatable bonds is 6. The molecule has 4 nitrogen and oxygen atoms in total. The number of esters is 1. The van der Waals surface area contributed by atoms with Gasteiger partial charge in [0.25, 0.3) is 5.91 Å². The second kappa shape index (κ2) is 8.19. The van der Waals surface area contributed by atoms with Crippen LogP contribution in [0.4, 0.5) is 8.78 Å². The SMILES string of the molecule is Cc1ccccc1CCNC(=O)COC(=O)c1ccc(F)c(F)c1. The van der Waals surface area contributed by atoms with Crippen LogP contribution in [0.15, 0.2) is 42.5 Å². The van der Waals surface area contributed by atoms with E-state index in [9.17, 15) is 18.4 Å². The fourth-order valence-electron chi connectivity index (χ4n) is 2.12. The molecule has 0 radical (unpaired) electrons. The lowest BCUT2D eigenvalue weighted by molar-refractivity contribution is -0.124. The van der Waals surface area contributed by atoms with Gasteiger partial charge in [0.2, 0.25) is 0 Å². The van der Waals surface area contributed by atoms with E-state index in [1.165, 1.54) is 0 Å². The summed E-state index contributed by atoms with van der Waals surface area (Å²) in [6.45, 7) is 1.92. The van der Waals surface area contributed by atoms with Crippen molar-refractivity contribution in [1.29, 1.82) is 0 Å².